The largest absolute Gasteiger partial charge is 0.300 e. The molecular formula is C17H14N4O2. The SMILES string of the molecule is CN1C(=O)[C@@H]2[C@@H](CNC23c2ncccc2-c2cccnc23)C1=O. The van der Waals surface area contributed by atoms with Gasteiger partial charge >= 0.3 is 0 Å². The van der Waals surface area contributed by atoms with Crippen molar-refractivity contribution in [2.24, 2.45) is 11.8 Å². The number of likely N-dealkylation sites (tertiary alicyclic amines) is 1. The first-order valence-corrected chi connectivity index (χ1v) is 7.64. The Morgan fingerprint density at radius 1 is 1.09 bits per heavy atom. The molecule has 2 saturated heterocycles. The first kappa shape index (κ1) is 12.9. The molecule has 1 N–H and O–H groups in total. The number of rotatable bonds is 0. The standard InChI is InChI=1S/C17H14N4O2/c1-21-15(22)11-8-20-17(12(11)16(21)23)13-9(4-2-6-18-13)10-5-3-7-19-14(10)17/h2-7,11-12,20H,8H2,1H3/t11-,12+/m1/s1. The van der Waals surface area contributed by atoms with E-state index in [1.165, 1.54) is 4.90 Å². The van der Waals surface area contributed by atoms with E-state index in [0.29, 0.717) is 6.54 Å². The third-order valence-electron chi connectivity index (χ3n) is 5.37. The zero-order valence-electron chi connectivity index (χ0n) is 12.5. The van der Waals surface area contributed by atoms with Crippen molar-refractivity contribution >= 4 is 11.8 Å². The lowest BCUT2D eigenvalue weighted by Gasteiger charge is -2.30. The smallest absolute Gasteiger partial charge is 0.235 e. The Hall–Kier alpha value is -2.60. The van der Waals surface area contributed by atoms with Crippen LogP contribution in [0.2, 0.25) is 0 Å². The van der Waals surface area contributed by atoms with Gasteiger partial charge in [0.05, 0.1) is 23.2 Å². The van der Waals surface area contributed by atoms with E-state index in [1.54, 1.807) is 19.4 Å². The lowest BCUT2D eigenvalue weighted by molar-refractivity contribution is -0.139. The van der Waals surface area contributed by atoms with Gasteiger partial charge in [0.2, 0.25) is 11.8 Å². The third-order valence-corrected chi connectivity index (χ3v) is 5.37. The number of amides is 2. The van der Waals surface area contributed by atoms with E-state index in [0.717, 1.165) is 22.5 Å². The molecule has 6 nitrogen and oxygen atoms in total. The minimum absolute atomic E-state index is 0.119. The molecule has 1 spiro atoms. The number of fused-ring (bicyclic) bond motifs is 7. The Morgan fingerprint density at radius 3 is 2.30 bits per heavy atom. The lowest BCUT2D eigenvalue weighted by atomic mass is 9.78. The molecule has 0 unspecified atom stereocenters. The Labute approximate surface area is 132 Å². The number of nitrogens with one attached hydrogen (secondary N) is 1. The second kappa shape index (κ2) is 4.02. The first-order chi connectivity index (χ1) is 11.2. The average molecular weight is 306 g/mol. The molecule has 1 aliphatic carbocycles. The maximum Gasteiger partial charge on any atom is 0.235 e. The highest BCUT2D eigenvalue weighted by atomic mass is 16.2. The molecule has 2 fully saturated rings. The predicted octanol–water partition coefficient (Wildman–Crippen LogP) is 0.535. The van der Waals surface area contributed by atoms with Crippen LogP contribution in [-0.4, -0.2) is 40.3 Å². The fraction of sp³-hybridized carbons (Fsp3) is 0.294. The van der Waals surface area contributed by atoms with Gasteiger partial charge in [-0.25, -0.2) is 0 Å². The van der Waals surface area contributed by atoms with Crippen LogP contribution in [0.1, 0.15) is 11.4 Å². The summed E-state index contributed by atoms with van der Waals surface area (Å²) < 4.78 is 0. The second-order valence-electron chi connectivity index (χ2n) is 6.31. The van der Waals surface area contributed by atoms with Crippen LogP contribution in [0.15, 0.2) is 36.7 Å². The van der Waals surface area contributed by atoms with Crippen LogP contribution >= 0.6 is 0 Å². The first-order valence-electron chi connectivity index (χ1n) is 7.64. The Morgan fingerprint density at radius 2 is 1.70 bits per heavy atom. The molecule has 0 bridgehead atoms. The lowest BCUT2D eigenvalue weighted by Crippen LogP contribution is -2.47. The highest BCUT2D eigenvalue weighted by molar-refractivity contribution is 6.07. The van der Waals surface area contributed by atoms with Crippen LogP contribution in [0.25, 0.3) is 11.1 Å². The normalized spacial score (nSPS) is 26.6. The molecule has 23 heavy (non-hydrogen) atoms. The molecule has 6 heteroatoms. The highest BCUT2D eigenvalue weighted by Crippen LogP contribution is 2.55. The van der Waals surface area contributed by atoms with Crippen molar-refractivity contribution in [2.45, 2.75) is 5.54 Å². The molecule has 2 aromatic rings. The minimum atomic E-state index is -0.796. The number of pyridine rings is 2. The summed E-state index contributed by atoms with van der Waals surface area (Å²) in [6.07, 6.45) is 3.46. The van der Waals surface area contributed by atoms with Crippen molar-refractivity contribution in [1.82, 2.24) is 20.2 Å². The van der Waals surface area contributed by atoms with E-state index in [4.69, 9.17) is 0 Å². The van der Waals surface area contributed by atoms with Crippen LogP contribution in [-0.2, 0) is 15.1 Å². The predicted molar refractivity (Wildman–Crippen MR) is 81.0 cm³/mol. The number of hydrogen-bond acceptors (Lipinski definition) is 5. The van der Waals surface area contributed by atoms with Crippen LogP contribution < -0.4 is 5.32 Å². The van der Waals surface area contributed by atoms with Gasteiger partial charge in [-0.3, -0.25) is 29.8 Å². The van der Waals surface area contributed by atoms with E-state index < -0.39 is 11.5 Å². The highest BCUT2D eigenvalue weighted by Gasteiger charge is 2.65. The summed E-state index contributed by atoms with van der Waals surface area (Å²) >= 11 is 0. The van der Waals surface area contributed by atoms with E-state index in [-0.39, 0.29) is 17.7 Å². The summed E-state index contributed by atoms with van der Waals surface area (Å²) in [7, 11) is 1.56. The van der Waals surface area contributed by atoms with Crippen molar-refractivity contribution in [3.63, 3.8) is 0 Å². The van der Waals surface area contributed by atoms with Crippen molar-refractivity contribution in [3.8, 4) is 11.1 Å². The van der Waals surface area contributed by atoms with Gasteiger partial charge in [-0.2, -0.15) is 0 Å². The average Bonchev–Trinajstić information content (AvgIpc) is 3.19. The van der Waals surface area contributed by atoms with E-state index in [9.17, 15) is 9.59 Å². The number of nitrogens with zero attached hydrogens (tertiary/aromatic N) is 3. The van der Waals surface area contributed by atoms with Crippen LogP contribution in [0.3, 0.4) is 0 Å². The van der Waals surface area contributed by atoms with Gasteiger partial charge < -0.3 is 0 Å². The van der Waals surface area contributed by atoms with Crippen LogP contribution in [0.4, 0.5) is 0 Å². The molecule has 2 atom stereocenters. The molecular weight excluding hydrogens is 292 g/mol. The minimum Gasteiger partial charge on any atom is -0.300 e. The zero-order chi connectivity index (χ0) is 15.8. The molecule has 5 rings (SSSR count). The Kier molecular flexibility index (Phi) is 2.26. The van der Waals surface area contributed by atoms with E-state index in [2.05, 4.69) is 15.3 Å². The van der Waals surface area contributed by atoms with Gasteiger partial charge in [0, 0.05) is 37.1 Å². The van der Waals surface area contributed by atoms with Crippen molar-refractivity contribution in [2.75, 3.05) is 13.6 Å². The molecule has 3 aliphatic rings. The van der Waals surface area contributed by atoms with Gasteiger partial charge in [-0.05, 0) is 12.1 Å². The quantitative estimate of drug-likeness (QED) is 0.719. The summed E-state index contributed by atoms with van der Waals surface area (Å²) in [4.78, 5) is 35.6. The van der Waals surface area contributed by atoms with Crippen LogP contribution in [0, 0.1) is 11.8 Å². The van der Waals surface area contributed by atoms with E-state index >= 15 is 0 Å². The second-order valence-corrected chi connectivity index (χ2v) is 6.31. The summed E-state index contributed by atoms with van der Waals surface area (Å²) in [5.41, 5.74) is 2.78. The summed E-state index contributed by atoms with van der Waals surface area (Å²) in [5.74, 6) is -1.11. The molecule has 2 aromatic heterocycles. The molecule has 114 valence electrons. The van der Waals surface area contributed by atoms with Gasteiger partial charge in [0.25, 0.3) is 0 Å². The molecule has 0 aromatic carbocycles. The van der Waals surface area contributed by atoms with Gasteiger partial charge in [-0.15, -0.1) is 0 Å². The van der Waals surface area contributed by atoms with Crippen molar-refractivity contribution < 1.29 is 9.59 Å². The maximum absolute atomic E-state index is 12.8. The van der Waals surface area contributed by atoms with Gasteiger partial charge in [-0.1, -0.05) is 12.1 Å². The van der Waals surface area contributed by atoms with Crippen molar-refractivity contribution in [1.29, 1.82) is 0 Å². The monoisotopic (exact) mass is 306 g/mol. The number of imide groups is 1. The fourth-order valence-corrected chi connectivity index (χ4v) is 4.40. The number of aromatic nitrogens is 2. The molecule has 0 saturated carbocycles. The molecule has 2 aliphatic heterocycles. The molecule has 4 heterocycles. The summed E-state index contributed by atoms with van der Waals surface area (Å²) in [6, 6.07) is 7.76. The third kappa shape index (κ3) is 1.29. The van der Waals surface area contributed by atoms with Gasteiger partial charge in [0.15, 0.2) is 0 Å². The molecule has 2 amide bonds. The van der Waals surface area contributed by atoms with Crippen LogP contribution in [0.5, 0.6) is 0 Å². The topological polar surface area (TPSA) is 75.2 Å². The summed E-state index contributed by atoms with van der Waals surface area (Å²) in [5, 5.41) is 3.43. The fourth-order valence-electron chi connectivity index (χ4n) is 4.40. The summed E-state index contributed by atoms with van der Waals surface area (Å²) in [6.45, 7) is 0.464. The maximum atomic E-state index is 12.8. The van der Waals surface area contributed by atoms with E-state index in [1.807, 2.05) is 24.3 Å². The molecule has 0 radical (unpaired) electrons. The van der Waals surface area contributed by atoms with Crippen molar-refractivity contribution in [3.05, 3.63) is 48.0 Å². The Balaban J connectivity index is 1.84. The zero-order valence-corrected chi connectivity index (χ0v) is 12.5. The number of carbonyl (C=O) groups excluding carboxylic acids is 2. The van der Waals surface area contributed by atoms with Gasteiger partial charge in [0.1, 0.15) is 5.54 Å². The number of hydrogen-bond donors (Lipinski definition) is 1. The Bertz CT molecular complexity index is 833. The number of carbonyl (C=O) groups is 2.